The molecule has 48 heavy (non-hydrogen) atoms. The first-order chi connectivity index (χ1) is 29.5. The van der Waals surface area contributed by atoms with Gasteiger partial charge >= 0.3 is 12.1 Å². The monoisotopic (exact) mass is 699 g/mol. The normalized spacial score (nSPS) is 28.5. The fraction of sp³-hybridized carbons (Fsp3) is 0.629. The van der Waals surface area contributed by atoms with E-state index in [2.05, 4.69) is 15.6 Å². The molecule has 1 aromatic carbocycles. The second kappa shape index (κ2) is 16.5. The molecular weight excluding hydrogens is 619 g/mol. The second-order valence-electron chi connectivity index (χ2n) is 13.2. The molecule has 2 N–H and O–H groups in total. The van der Waals surface area contributed by atoms with Crippen molar-refractivity contribution in [1.82, 2.24) is 30.1 Å². The summed E-state index contributed by atoms with van der Waals surface area (Å²) in [5.74, 6) is -1.41. The Kier molecular flexibility index (Phi) is 9.65. The van der Waals surface area contributed by atoms with Crippen molar-refractivity contribution in [3.63, 3.8) is 0 Å². The average Bonchev–Trinajstić information content (AvgIpc) is 3.75. The highest BCUT2D eigenvalue weighted by atomic mass is 19.1. The van der Waals surface area contributed by atoms with E-state index in [-0.39, 0.29) is 49.2 Å². The Morgan fingerprint density at radius 3 is 2.48 bits per heavy atom. The van der Waals surface area contributed by atoms with Crippen LogP contribution >= 0.6 is 0 Å². The minimum Gasteiger partial charge on any atom is -0.457 e. The van der Waals surface area contributed by atoms with E-state index in [9.17, 15) is 19.5 Å². The highest BCUT2D eigenvalue weighted by Crippen LogP contribution is 2.30. The summed E-state index contributed by atoms with van der Waals surface area (Å²) in [5.41, 5.74) is 1.97. The molecule has 4 heterocycles. The first kappa shape index (κ1) is 28.0. The maximum absolute atomic E-state index is 15.3. The van der Waals surface area contributed by atoms with E-state index in [1.807, 2.05) is 39.0 Å². The number of hydrogen-bond donors (Lipinski definition) is 2. The van der Waals surface area contributed by atoms with Gasteiger partial charge < -0.3 is 29.7 Å². The molecule has 0 unspecified atom stereocenters. The number of rotatable bonds is 4. The van der Waals surface area contributed by atoms with Gasteiger partial charge in [0.05, 0.1) is 24.1 Å². The van der Waals surface area contributed by atoms with Crippen LogP contribution in [0.2, 0.25) is 0 Å². The van der Waals surface area contributed by atoms with E-state index >= 15 is 4.39 Å². The lowest BCUT2D eigenvalue weighted by Crippen LogP contribution is -2.47. The number of benzene rings is 1. The number of amides is 2. The predicted octanol–water partition coefficient (Wildman–Crippen LogP) is 6.21. The third-order valence-corrected chi connectivity index (χ3v) is 9.52. The van der Waals surface area contributed by atoms with Gasteiger partial charge in [0.2, 0.25) is 5.91 Å². The van der Waals surface area contributed by atoms with Crippen molar-refractivity contribution in [3.05, 3.63) is 41.2 Å². The van der Waals surface area contributed by atoms with E-state index in [0.29, 0.717) is 81.6 Å². The number of aromatic nitrogens is 3. The molecule has 0 bridgehead atoms. The zero-order valence-corrected chi connectivity index (χ0v) is 27.7. The molecule has 0 aliphatic carbocycles. The number of halogens is 1. The fourth-order valence-corrected chi connectivity index (χ4v) is 6.63. The number of piperidine rings is 1. The van der Waals surface area contributed by atoms with Gasteiger partial charge in [-0.3, -0.25) is 9.59 Å². The molecule has 3 aliphatic rings. The lowest BCUT2D eigenvalue weighted by molar-refractivity contribution is -0.151. The summed E-state index contributed by atoms with van der Waals surface area (Å²) in [6.07, 6.45) is 5.15. The van der Waals surface area contributed by atoms with Crippen molar-refractivity contribution in [2.45, 2.75) is 91.6 Å². The van der Waals surface area contributed by atoms with E-state index in [1.54, 1.807) is 27.5 Å². The van der Waals surface area contributed by atoms with Crippen molar-refractivity contribution in [2.75, 3.05) is 39.3 Å². The minimum absolute atomic E-state index is 0. The van der Waals surface area contributed by atoms with Crippen molar-refractivity contribution < 1.29 is 54.1 Å². The summed E-state index contributed by atoms with van der Waals surface area (Å²) in [6, 6.07) is 3.20. The van der Waals surface area contributed by atoms with Gasteiger partial charge in [-0.2, -0.15) is 0 Å². The molecule has 5 atom stereocenters. The molecular formula is C35H65FN6O6. The number of fused-ring (bicyclic) bond motifs is 1. The lowest BCUT2D eigenvalue weighted by Gasteiger charge is -2.31. The van der Waals surface area contributed by atoms with Gasteiger partial charge in [-0.1, -0.05) is 38.6 Å². The van der Waals surface area contributed by atoms with Crippen molar-refractivity contribution >= 4 is 35.1 Å². The molecule has 0 spiro atoms. The van der Waals surface area contributed by atoms with Gasteiger partial charge in [0.1, 0.15) is 17.7 Å². The molecule has 3 aliphatic heterocycles. The summed E-state index contributed by atoms with van der Waals surface area (Å²) in [6.45, 7) is 11.0. The molecule has 0 radical (unpaired) electrons. The summed E-state index contributed by atoms with van der Waals surface area (Å²) in [5, 5.41) is 22.2. The number of aliphatic hydroxyl groups is 1. The third kappa shape index (κ3) is 8.98. The molecule has 12 nitrogen and oxygen atoms in total. The van der Waals surface area contributed by atoms with Gasteiger partial charge in [-0.05, 0) is 67.9 Å². The van der Waals surface area contributed by atoms with Gasteiger partial charge in [0, 0.05) is 72.9 Å². The third-order valence-electron chi connectivity index (χ3n) is 9.52. The Morgan fingerprint density at radius 1 is 1.08 bits per heavy atom. The van der Waals surface area contributed by atoms with Crippen LogP contribution in [0.5, 0.6) is 0 Å². The summed E-state index contributed by atoms with van der Waals surface area (Å²) < 4.78 is 99.0. The maximum Gasteiger partial charge on any atom is 0.410 e. The topological polar surface area (TPSA) is 139 Å². The SMILES string of the molecule is C.CC(=O)N1CCC(n2nnc3c(F)cc(/C=C(\C)[C@H]4OC(=O)C[C@H](O)CC[C@H](C)[C@@H](OC(=O)N5CCNCC5)/C=C/[C@@H]4C)cc32)CC1.[2H][2H].[2H][2H].[2H][2H].[2H][2H].[2H][2H].[2H][2H].[2H][2H]. The number of hydrogen-bond acceptors (Lipinski definition) is 9. The lowest BCUT2D eigenvalue weighted by atomic mass is 9.91. The zero-order valence-electron chi connectivity index (χ0n) is 41.7. The number of likely N-dealkylation sites (tertiary alicyclic amines) is 1. The van der Waals surface area contributed by atoms with Crippen LogP contribution in [-0.4, -0.2) is 105 Å². The Hall–Kier alpha value is -3.84. The van der Waals surface area contributed by atoms with Crippen LogP contribution in [0.25, 0.3) is 17.1 Å². The number of aliphatic hydroxyl groups excluding tert-OH is 1. The molecule has 2 fully saturated rings. The van der Waals surface area contributed by atoms with E-state index in [1.165, 1.54) is 6.07 Å². The zero-order chi connectivity index (χ0) is 47.7. The maximum atomic E-state index is 15.3. The number of carbonyl (C=O) groups excluding carboxylic acids is 3. The van der Waals surface area contributed by atoms with E-state index in [4.69, 9.17) is 30.3 Å². The molecule has 2 aromatic rings. The van der Waals surface area contributed by atoms with Crippen molar-refractivity contribution in [3.8, 4) is 0 Å². The van der Waals surface area contributed by atoms with Gasteiger partial charge in [0.15, 0.2) is 5.82 Å². The number of cyclic esters (lactones) is 1. The van der Waals surface area contributed by atoms with Crippen LogP contribution in [0.15, 0.2) is 29.9 Å². The molecule has 2 amide bonds. The summed E-state index contributed by atoms with van der Waals surface area (Å²) in [7, 11) is 0. The number of ether oxygens (including phenoxy) is 2. The van der Waals surface area contributed by atoms with Crippen LogP contribution in [-0.2, 0) is 19.1 Å². The molecule has 5 rings (SSSR count). The molecule has 0 saturated carbocycles. The smallest absolute Gasteiger partial charge is 0.410 e. The quantitative estimate of drug-likeness (QED) is 0.282. The van der Waals surface area contributed by atoms with E-state index in [0.717, 1.165) is 0 Å². The summed E-state index contributed by atoms with van der Waals surface area (Å²) >= 11 is 0. The highest BCUT2D eigenvalue weighted by molar-refractivity contribution is 5.79. The Labute approximate surface area is 303 Å². The predicted molar refractivity (Wildman–Crippen MR) is 195 cm³/mol. The number of carbonyl (C=O) groups is 3. The van der Waals surface area contributed by atoms with Crippen LogP contribution in [0.3, 0.4) is 0 Å². The van der Waals surface area contributed by atoms with Crippen LogP contribution in [0, 0.1) is 17.7 Å². The van der Waals surface area contributed by atoms with Crippen LogP contribution in [0.4, 0.5) is 9.18 Å². The second-order valence-corrected chi connectivity index (χ2v) is 13.2. The summed E-state index contributed by atoms with van der Waals surface area (Å²) in [4.78, 5) is 41.2. The van der Waals surface area contributed by atoms with Gasteiger partial charge in [-0.15, -0.1) is 5.10 Å². The van der Waals surface area contributed by atoms with Crippen molar-refractivity contribution in [2.24, 2.45) is 11.8 Å². The Bertz CT molecular complexity index is 1540. The minimum atomic E-state index is -0.898. The molecule has 278 valence electrons. The molecule has 2 saturated heterocycles. The number of nitrogens with one attached hydrogen (secondary N) is 1. The fourth-order valence-electron chi connectivity index (χ4n) is 6.63. The number of esters is 1. The average molecular weight is 699 g/mol. The number of piperazine rings is 1. The molecule has 1 aromatic heterocycles. The highest BCUT2D eigenvalue weighted by Gasteiger charge is 2.29. The first-order valence-corrected chi connectivity index (χ1v) is 16.7. The van der Waals surface area contributed by atoms with Gasteiger partial charge in [-0.25, -0.2) is 13.9 Å². The largest absolute Gasteiger partial charge is 0.457 e. The Balaban J connectivity index is -0.00000102. The van der Waals surface area contributed by atoms with Crippen LogP contribution in [0.1, 0.15) is 99.6 Å². The van der Waals surface area contributed by atoms with E-state index < -0.39 is 30.1 Å². The molecule has 13 heteroatoms. The van der Waals surface area contributed by atoms with Gasteiger partial charge in [0.25, 0.3) is 0 Å². The van der Waals surface area contributed by atoms with Crippen LogP contribution < -0.4 is 5.32 Å². The standard InChI is InChI=1S/C34H47FN6O6.CH4.7H2/c1-21-5-7-27(43)20-31(44)47-33(22(2)6-8-30(21)46-34(45)40-15-11-36-12-16-40)23(3)17-25-18-28(35)32-29(19-25)41(38-37-32)26-9-13-39(14-10-26)24(4)42;;;;;;;;/h6,8,17-19,21-22,26-27,30,33,36,43H,5,7,9-16,20H2,1-4H3;1H4;7*1H/b8-6+,23-17+;;;;;;;;/t21-,22-,27+,30-,33-;;;;;;;;/m0......../s1/i;;7*1+1D. The van der Waals surface area contributed by atoms with Crippen molar-refractivity contribution in [1.29, 1.82) is 0 Å². The number of nitrogens with zero attached hydrogens (tertiary/aromatic N) is 5. The Morgan fingerprint density at radius 2 is 1.79 bits per heavy atom. The first-order valence-electron chi connectivity index (χ1n) is 23.7.